The Kier molecular flexibility index (Phi) is 4.19. The quantitative estimate of drug-likeness (QED) is 0.304. The summed E-state index contributed by atoms with van der Waals surface area (Å²) >= 11 is 0. The van der Waals surface area contributed by atoms with Gasteiger partial charge in [-0.2, -0.15) is 0 Å². The molecular weight excluding hydrogens is 344 g/mol. The molecule has 0 heterocycles. The van der Waals surface area contributed by atoms with Gasteiger partial charge in [-0.05, 0) is 6.07 Å². The van der Waals surface area contributed by atoms with Crippen molar-refractivity contribution in [3.05, 3.63) is 58.0 Å². The maximum absolute atomic E-state index is 14.4. The zero-order valence-electron chi connectivity index (χ0n) is 11.3. The summed E-state index contributed by atoms with van der Waals surface area (Å²) < 4.78 is 110. The van der Waals surface area contributed by atoms with Crippen LogP contribution in [-0.2, 0) is 5.41 Å². The topological polar surface area (TPSA) is 0 Å². The van der Waals surface area contributed by atoms with E-state index in [2.05, 4.69) is 0 Å². The summed E-state index contributed by atoms with van der Waals surface area (Å²) in [5, 5.41) is 0. The molecule has 2 atom stereocenters. The van der Waals surface area contributed by atoms with Gasteiger partial charge in [-0.15, -0.1) is 12.8 Å². The smallest absolute Gasteiger partial charge is 0.197 e. The first-order valence-corrected chi connectivity index (χ1v) is 6.02. The number of hydrogen-bond acceptors (Lipinski definition) is 0. The van der Waals surface area contributed by atoms with Crippen molar-refractivity contribution in [2.45, 2.75) is 11.6 Å². The minimum atomic E-state index is -3.53. The molecule has 0 spiro atoms. The first-order valence-electron chi connectivity index (χ1n) is 6.02. The highest BCUT2D eigenvalue weighted by molar-refractivity contribution is 5.59. The van der Waals surface area contributed by atoms with Crippen LogP contribution in [0.5, 0.6) is 0 Å². The lowest BCUT2D eigenvalue weighted by Gasteiger charge is -2.33. The Morgan fingerprint density at radius 3 is 2.00 bits per heavy atom. The molecule has 1 aliphatic carbocycles. The van der Waals surface area contributed by atoms with Crippen LogP contribution in [0.25, 0.3) is 0 Å². The normalized spacial score (nSPS) is 24.0. The van der Waals surface area contributed by atoms with E-state index in [-0.39, 0.29) is 6.07 Å². The number of terminal acetylenes is 2. The van der Waals surface area contributed by atoms with Gasteiger partial charge in [0.25, 0.3) is 0 Å². The van der Waals surface area contributed by atoms with Crippen LogP contribution >= 0.6 is 0 Å². The van der Waals surface area contributed by atoms with Crippen molar-refractivity contribution < 1.29 is 35.1 Å². The van der Waals surface area contributed by atoms with E-state index in [1.807, 2.05) is 0 Å². The van der Waals surface area contributed by atoms with E-state index in [0.29, 0.717) is 0 Å². The van der Waals surface area contributed by atoms with Gasteiger partial charge in [0, 0.05) is 5.56 Å². The van der Waals surface area contributed by atoms with E-state index in [0.717, 1.165) is 0 Å². The molecule has 0 radical (unpaired) electrons. The van der Waals surface area contributed by atoms with Crippen molar-refractivity contribution in [2.24, 2.45) is 0 Å². The second-order valence-electron chi connectivity index (χ2n) is 4.66. The monoisotopic (exact) mass is 348 g/mol. The van der Waals surface area contributed by atoms with Gasteiger partial charge in [-0.25, -0.2) is 35.1 Å². The molecule has 1 aromatic carbocycles. The third kappa shape index (κ3) is 2.03. The molecule has 0 bridgehead atoms. The molecule has 0 aromatic heterocycles. The number of hydrogen-bond donors (Lipinski definition) is 0. The summed E-state index contributed by atoms with van der Waals surface area (Å²) in [6.07, 6.45) is 6.32. The summed E-state index contributed by atoms with van der Waals surface area (Å²) in [7, 11) is 0. The Labute approximate surface area is 130 Å². The van der Waals surface area contributed by atoms with Crippen molar-refractivity contribution in [2.75, 3.05) is 0 Å². The summed E-state index contributed by atoms with van der Waals surface area (Å²) in [6.45, 7) is 0. The van der Waals surface area contributed by atoms with Crippen LogP contribution in [0.2, 0.25) is 0 Å². The fourth-order valence-corrected chi connectivity index (χ4v) is 2.28. The second-order valence-corrected chi connectivity index (χ2v) is 4.66. The number of rotatable bonds is 1. The predicted molar refractivity (Wildman–Crippen MR) is 67.9 cm³/mol. The summed E-state index contributed by atoms with van der Waals surface area (Å²) in [5.74, 6) is -13.0. The minimum absolute atomic E-state index is 0.179. The van der Waals surface area contributed by atoms with Crippen molar-refractivity contribution >= 4 is 0 Å². The van der Waals surface area contributed by atoms with Crippen LogP contribution in [0.15, 0.2) is 29.1 Å². The molecule has 1 aliphatic rings. The minimum Gasteiger partial charge on any atom is -0.237 e. The highest BCUT2D eigenvalue weighted by Gasteiger charge is 2.54. The first-order chi connectivity index (χ1) is 11.1. The highest BCUT2D eigenvalue weighted by atomic mass is 19.2. The number of alkyl halides is 1. The van der Waals surface area contributed by atoms with E-state index in [1.54, 1.807) is 0 Å². The third-order valence-corrected chi connectivity index (χ3v) is 3.50. The molecule has 8 heteroatoms. The molecule has 0 fully saturated rings. The average Bonchev–Trinajstić information content (AvgIpc) is 2.57. The Bertz CT molecular complexity index is 881. The van der Waals surface area contributed by atoms with Crippen LogP contribution in [0.3, 0.4) is 0 Å². The SMILES string of the molecule is C#CC1=C(F)C(F)C(C#C)(c2cc(F)c(F)c(F)c2F)C(F)=C1F. The van der Waals surface area contributed by atoms with Gasteiger partial charge < -0.3 is 0 Å². The molecule has 124 valence electrons. The van der Waals surface area contributed by atoms with Gasteiger partial charge in [-0.3, -0.25) is 0 Å². The molecule has 0 nitrogen and oxygen atoms in total. The molecule has 0 saturated carbocycles. The molecule has 24 heavy (non-hydrogen) atoms. The molecule has 0 saturated heterocycles. The fourth-order valence-electron chi connectivity index (χ4n) is 2.28. The van der Waals surface area contributed by atoms with Crippen molar-refractivity contribution in [1.29, 1.82) is 0 Å². The van der Waals surface area contributed by atoms with Crippen LogP contribution in [-0.4, -0.2) is 6.17 Å². The molecule has 0 N–H and O–H groups in total. The van der Waals surface area contributed by atoms with E-state index in [4.69, 9.17) is 12.8 Å². The maximum Gasteiger partial charge on any atom is 0.197 e. The Morgan fingerprint density at radius 1 is 0.917 bits per heavy atom. The zero-order chi connectivity index (χ0) is 18.4. The Morgan fingerprint density at radius 2 is 1.50 bits per heavy atom. The largest absolute Gasteiger partial charge is 0.237 e. The van der Waals surface area contributed by atoms with Crippen LogP contribution in [0.4, 0.5) is 35.1 Å². The number of halogens is 8. The molecule has 2 unspecified atom stereocenters. The summed E-state index contributed by atoms with van der Waals surface area (Å²) in [6, 6.07) is -0.179. The first kappa shape index (κ1) is 17.6. The second kappa shape index (κ2) is 5.72. The highest BCUT2D eigenvalue weighted by Crippen LogP contribution is 2.49. The van der Waals surface area contributed by atoms with Crippen molar-refractivity contribution in [3.8, 4) is 24.7 Å². The summed E-state index contributed by atoms with van der Waals surface area (Å²) in [5.41, 5.74) is -6.62. The lowest BCUT2D eigenvalue weighted by Crippen LogP contribution is -2.41. The Hall–Kier alpha value is -2.74. The van der Waals surface area contributed by atoms with Crippen molar-refractivity contribution in [3.63, 3.8) is 0 Å². The van der Waals surface area contributed by atoms with Gasteiger partial charge >= 0.3 is 0 Å². The standard InChI is InChI=1S/C16H4F8/c1-3-6-9(18)14(23)16(4-2,15(24)10(6)19)7-5-8(17)12(21)13(22)11(7)20/h1-2,5,14H. The van der Waals surface area contributed by atoms with E-state index in [1.165, 1.54) is 11.8 Å². The molecule has 0 amide bonds. The van der Waals surface area contributed by atoms with Gasteiger partial charge in [0.2, 0.25) is 0 Å². The average molecular weight is 348 g/mol. The van der Waals surface area contributed by atoms with Crippen LogP contribution in [0, 0.1) is 48.0 Å². The van der Waals surface area contributed by atoms with Gasteiger partial charge in [-0.1, -0.05) is 11.8 Å². The predicted octanol–water partition coefficient (Wildman–Crippen LogP) is 4.47. The van der Waals surface area contributed by atoms with E-state index < -0.39 is 63.5 Å². The van der Waals surface area contributed by atoms with Crippen molar-refractivity contribution in [1.82, 2.24) is 0 Å². The lowest BCUT2D eigenvalue weighted by atomic mass is 9.71. The third-order valence-electron chi connectivity index (χ3n) is 3.50. The zero-order valence-corrected chi connectivity index (χ0v) is 11.3. The maximum atomic E-state index is 14.4. The van der Waals surface area contributed by atoms with Gasteiger partial charge in [0.1, 0.15) is 0 Å². The van der Waals surface area contributed by atoms with E-state index in [9.17, 15) is 35.1 Å². The van der Waals surface area contributed by atoms with Gasteiger partial charge in [0.15, 0.2) is 52.3 Å². The lowest BCUT2D eigenvalue weighted by molar-refractivity contribution is 0.214. The Balaban J connectivity index is 2.94. The molecule has 2 rings (SSSR count). The summed E-state index contributed by atoms with van der Waals surface area (Å²) in [4.78, 5) is 0. The molecular formula is C16H4F8. The molecule has 1 aromatic rings. The van der Waals surface area contributed by atoms with Crippen LogP contribution in [0.1, 0.15) is 5.56 Å². The number of benzene rings is 1. The van der Waals surface area contributed by atoms with E-state index >= 15 is 0 Å². The fraction of sp³-hybridized carbons (Fsp3) is 0.125. The molecule has 0 aliphatic heterocycles. The van der Waals surface area contributed by atoms with Crippen LogP contribution < -0.4 is 0 Å². The number of allylic oxidation sites excluding steroid dienone is 4. The van der Waals surface area contributed by atoms with Gasteiger partial charge in [0.05, 0.1) is 5.57 Å².